The first-order valence-corrected chi connectivity index (χ1v) is 10.5. The molecule has 2 aromatic carbocycles. The van der Waals surface area contributed by atoms with Crippen LogP contribution in [0.15, 0.2) is 48.5 Å². The molecule has 0 fully saturated rings. The molecule has 188 valence electrons. The first kappa shape index (κ1) is 27.1. The van der Waals surface area contributed by atoms with E-state index in [0.29, 0.717) is 5.56 Å². The van der Waals surface area contributed by atoms with Gasteiger partial charge in [-0.05, 0) is 24.1 Å². The van der Waals surface area contributed by atoms with Crippen LogP contribution in [0.3, 0.4) is 0 Å². The molecule has 0 unspecified atom stereocenters. The number of ether oxygens (including phenoxy) is 3. The quantitative estimate of drug-likeness (QED) is 0.241. The monoisotopic (exact) mass is 489 g/mol. The lowest BCUT2D eigenvalue weighted by molar-refractivity contribution is -0.385. The van der Waals surface area contributed by atoms with E-state index in [1.807, 2.05) is 0 Å². The molecule has 0 radical (unpaired) electrons. The number of nitro groups is 1. The van der Waals surface area contributed by atoms with Crippen LogP contribution in [0.25, 0.3) is 0 Å². The Morgan fingerprint density at radius 1 is 1.06 bits per heavy atom. The molecule has 0 heterocycles. The molecule has 3 N–H and O–H groups in total. The minimum Gasteiger partial charge on any atom is -0.490 e. The molecule has 0 aliphatic heterocycles. The van der Waals surface area contributed by atoms with Gasteiger partial charge in [-0.15, -0.1) is 0 Å². The number of nitro benzene ring substituents is 1. The van der Waals surface area contributed by atoms with Crippen molar-refractivity contribution < 1.29 is 38.6 Å². The Kier molecular flexibility index (Phi) is 9.97. The smallest absolute Gasteiger partial charge is 0.408 e. The highest BCUT2D eigenvalue weighted by molar-refractivity contribution is 5.90. The van der Waals surface area contributed by atoms with E-state index >= 15 is 0 Å². The molecule has 0 saturated carbocycles. The molecule has 0 spiro atoms. The zero-order valence-electron chi connectivity index (χ0n) is 19.4. The van der Waals surface area contributed by atoms with E-state index in [0.717, 1.165) is 12.7 Å². The lowest BCUT2D eigenvalue weighted by Gasteiger charge is -2.24. The number of methoxy groups -OCH3 is 2. The Bertz CT molecular complexity index is 1040. The van der Waals surface area contributed by atoms with Gasteiger partial charge in [0.05, 0.1) is 25.2 Å². The van der Waals surface area contributed by atoms with E-state index in [1.165, 1.54) is 32.2 Å². The predicted octanol–water partition coefficient (Wildman–Crippen LogP) is 1.48. The number of alkyl carbamates (subject to hydrolysis) is 1. The van der Waals surface area contributed by atoms with Gasteiger partial charge < -0.3 is 30.0 Å². The number of carbonyl (C=O) groups is 3. The largest absolute Gasteiger partial charge is 0.490 e. The SMILES string of the molecule is COC(=O)[C@H](Cc1ccc(OC)c([N+](=O)[O-])c1)NC(=O)[C@@H](NC(=O)OCc1ccccc1)[C@@H](C)O. The summed E-state index contributed by atoms with van der Waals surface area (Å²) in [5.74, 6) is -1.67. The molecule has 2 amide bonds. The van der Waals surface area contributed by atoms with Gasteiger partial charge in [-0.3, -0.25) is 14.9 Å². The van der Waals surface area contributed by atoms with Gasteiger partial charge >= 0.3 is 17.7 Å². The Morgan fingerprint density at radius 3 is 2.31 bits per heavy atom. The number of aliphatic hydroxyl groups is 1. The fraction of sp³-hybridized carbons (Fsp3) is 0.348. The number of amides is 2. The molecule has 0 aromatic heterocycles. The Hall–Kier alpha value is -4.19. The molecule has 35 heavy (non-hydrogen) atoms. The van der Waals surface area contributed by atoms with Gasteiger partial charge in [0.25, 0.3) is 0 Å². The third kappa shape index (κ3) is 7.96. The van der Waals surface area contributed by atoms with Gasteiger partial charge in [-0.2, -0.15) is 0 Å². The summed E-state index contributed by atoms with van der Waals surface area (Å²) >= 11 is 0. The topological polar surface area (TPSA) is 166 Å². The average molecular weight is 489 g/mol. The summed E-state index contributed by atoms with van der Waals surface area (Å²) in [6.07, 6.45) is -2.44. The van der Waals surface area contributed by atoms with Crippen LogP contribution in [-0.2, 0) is 32.1 Å². The maximum atomic E-state index is 12.8. The van der Waals surface area contributed by atoms with Gasteiger partial charge in [0.15, 0.2) is 5.75 Å². The first-order chi connectivity index (χ1) is 16.7. The molecule has 0 aliphatic carbocycles. The molecule has 3 atom stereocenters. The molecule has 0 saturated heterocycles. The summed E-state index contributed by atoms with van der Waals surface area (Å²) in [5.41, 5.74) is 0.752. The van der Waals surface area contributed by atoms with Crippen molar-refractivity contribution in [3.8, 4) is 5.75 Å². The summed E-state index contributed by atoms with van der Waals surface area (Å²) in [6, 6.07) is 10.2. The number of benzene rings is 2. The zero-order valence-corrected chi connectivity index (χ0v) is 19.4. The Labute approximate surface area is 201 Å². The number of nitrogens with one attached hydrogen (secondary N) is 2. The van der Waals surface area contributed by atoms with Gasteiger partial charge in [0.2, 0.25) is 5.91 Å². The standard InChI is InChI=1S/C23H27N3O9/c1-14(27)20(25-23(30)35-13-15-7-5-4-6-8-15)21(28)24-17(22(29)34-3)11-16-9-10-19(33-2)18(12-16)26(31)32/h4-10,12,14,17,20,27H,11,13H2,1-3H3,(H,24,28)(H,25,30)/t14-,17+,20+/m1/s1. The molecule has 12 heteroatoms. The molecule has 12 nitrogen and oxygen atoms in total. The van der Waals surface area contributed by atoms with Crippen LogP contribution in [0.4, 0.5) is 10.5 Å². The normalized spacial score (nSPS) is 13.0. The highest BCUT2D eigenvalue weighted by atomic mass is 16.6. The third-order valence-corrected chi connectivity index (χ3v) is 4.93. The van der Waals surface area contributed by atoms with Crippen molar-refractivity contribution in [2.75, 3.05) is 14.2 Å². The number of carbonyl (C=O) groups excluding carboxylic acids is 3. The van der Waals surface area contributed by atoms with Crippen molar-refractivity contribution in [3.63, 3.8) is 0 Å². The highest BCUT2D eigenvalue weighted by Gasteiger charge is 2.31. The van der Waals surface area contributed by atoms with Gasteiger partial charge in [-0.1, -0.05) is 36.4 Å². The highest BCUT2D eigenvalue weighted by Crippen LogP contribution is 2.28. The molecular weight excluding hydrogens is 462 g/mol. The molecule has 2 aromatic rings. The van der Waals surface area contributed by atoms with Crippen LogP contribution in [0, 0.1) is 10.1 Å². The maximum Gasteiger partial charge on any atom is 0.408 e. The summed E-state index contributed by atoms with van der Waals surface area (Å²) < 4.78 is 14.8. The Morgan fingerprint density at radius 2 is 1.74 bits per heavy atom. The van der Waals surface area contributed by atoms with Crippen LogP contribution in [0.2, 0.25) is 0 Å². The fourth-order valence-electron chi connectivity index (χ4n) is 3.13. The van der Waals surface area contributed by atoms with E-state index in [4.69, 9.17) is 14.2 Å². The van der Waals surface area contributed by atoms with Gasteiger partial charge in [0.1, 0.15) is 18.7 Å². The second kappa shape index (κ2) is 12.9. The van der Waals surface area contributed by atoms with Crippen molar-refractivity contribution in [1.29, 1.82) is 0 Å². The number of hydrogen-bond acceptors (Lipinski definition) is 9. The van der Waals surface area contributed by atoms with Crippen LogP contribution in [0.5, 0.6) is 5.75 Å². The zero-order chi connectivity index (χ0) is 26.0. The van der Waals surface area contributed by atoms with E-state index in [1.54, 1.807) is 30.3 Å². The van der Waals surface area contributed by atoms with Crippen molar-refractivity contribution in [1.82, 2.24) is 10.6 Å². The van der Waals surface area contributed by atoms with Crippen molar-refractivity contribution >= 4 is 23.7 Å². The Balaban J connectivity index is 2.11. The van der Waals surface area contributed by atoms with Crippen molar-refractivity contribution in [2.24, 2.45) is 0 Å². The summed E-state index contributed by atoms with van der Waals surface area (Å²) in [6.45, 7) is 1.23. The lowest BCUT2D eigenvalue weighted by Crippen LogP contribution is -2.56. The van der Waals surface area contributed by atoms with E-state index in [2.05, 4.69) is 10.6 Å². The number of hydrogen-bond donors (Lipinski definition) is 3. The van der Waals surface area contributed by atoms with Crippen LogP contribution in [-0.4, -0.2) is 60.4 Å². The third-order valence-electron chi connectivity index (χ3n) is 4.93. The first-order valence-electron chi connectivity index (χ1n) is 10.5. The maximum absolute atomic E-state index is 12.8. The van der Waals surface area contributed by atoms with Gasteiger partial charge in [-0.25, -0.2) is 9.59 Å². The van der Waals surface area contributed by atoms with E-state index in [9.17, 15) is 29.6 Å². The number of esters is 1. The van der Waals surface area contributed by atoms with Crippen molar-refractivity contribution in [2.45, 2.75) is 38.1 Å². The molecule has 2 rings (SSSR count). The second-order valence-corrected chi connectivity index (χ2v) is 7.48. The second-order valence-electron chi connectivity index (χ2n) is 7.48. The number of aliphatic hydroxyl groups excluding tert-OH is 1. The minimum atomic E-state index is -1.45. The van der Waals surface area contributed by atoms with Gasteiger partial charge in [0, 0.05) is 12.5 Å². The predicted molar refractivity (Wildman–Crippen MR) is 123 cm³/mol. The minimum absolute atomic E-state index is 0.0322. The molecule has 0 aliphatic rings. The molecular formula is C23H27N3O9. The summed E-state index contributed by atoms with van der Waals surface area (Å²) in [5, 5.41) is 26.0. The van der Waals surface area contributed by atoms with Crippen LogP contribution >= 0.6 is 0 Å². The summed E-state index contributed by atoms with van der Waals surface area (Å²) in [7, 11) is 2.40. The fourth-order valence-corrected chi connectivity index (χ4v) is 3.13. The lowest BCUT2D eigenvalue weighted by atomic mass is 10.0. The van der Waals surface area contributed by atoms with Crippen LogP contribution < -0.4 is 15.4 Å². The number of nitrogens with zero attached hydrogens (tertiary/aromatic N) is 1. The molecule has 0 bridgehead atoms. The summed E-state index contributed by atoms with van der Waals surface area (Å²) in [4.78, 5) is 47.9. The van der Waals surface area contributed by atoms with Crippen molar-refractivity contribution in [3.05, 3.63) is 69.8 Å². The van der Waals surface area contributed by atoms with E-state index < -0.39 is 41.1 Å². The average Bonchev–Trinajstić information content (AvgIpc) is 2.85. The number of rotatable bonds is 11. The van der Waals surface area contributed by atoms with Crippen LogP contribution in [0.1, 0.15) is 18.1 Å². The van der Waals surface area contributed by atoms with E-state index in [-0.39, 0.29) is 24.5 Å².